The number of hydrogen-bond acceptors (Lipinski definition) is 4. The molecule has 3 aliphatic carbocycles. The van der Waals surface area contributed by atoms with Crippen LogP contribution in [-0.4, -0.2) is 39.9 Å². The number of hydrogen-bond donors (Lipinski definition) is 2. The molecule has 0 radical (unpaired) electrons. The summed E-state index contributed by atoms with van der Waals surface area (Å²) in [4.78, 5) is 12.1. The number of aliphatic hydroxyl groups excluding tert-OH is 2. The number of fused-ring (bicyclic) bond motifs is 2. The lowest BCUT2D eigenvalue weighted by Gasteiger charge is -2.37. The molecule has 4 heteroatoms. The fourth-order valence-electron chi connectivity index (χ4n) is 5.39. The van der Waals surface area contributed by atoms with Gasteiger partial charge in [0.05, 0.1) is 12.2 Å². The van der Waals surface area contributed by atoms with E-state index in [-0.39, 0.29) is 23.0 Å². The van der Waals surface area contributed by atoms with E-state index < -0.39 is 29.3 Å². The van der Waals surface area contributed by atoms with Crippen LogP contribution in [0.2, 0.25) is 0 Å². The van der Waals surface area contributed by atoms with Gasteiger partial charge in [0.2, 0.25) is 0 Å². The maximum atomic E-state index is 12.1. The van der Waals surface area contributed by atoms with Crippen LogP contribution in [0.4, 0.5) is 0 Å². The second-order valence-corrected chi connectivity index (χ2v) is 7.61. The summed E-state index contributed by atoms with van der Waals surface area (Å²) in [6.07, 6.45) is -0.980. The van der Waals surface area contributed by atoms with Crippen molar-refractivity contribution in [3.63, 3.8) is 0 Å². The first-order chi connectivity index (χ1) is 8.69. The highest BCUT2D eigenvalue weighted by molar-refractivity contribution is 6.07. The van der Waals surface area contributed by atoms with Gasteiger partial charge >= 0.3 is 0 Å². The molecule has 0 bridgehead atoms. The molecule has 1 spiro atoms. The third-order valence-electron chi connectivity index (χ3n) is 6.49. The molecule has 1 aliphatic heterocycles. The summed E-state index contributed by atoms with van der Waals surface area (Å²) in [5.41, 5.74) is -1.12. The maximum Gasteiger partial charge on any atom is 0.190 e. The zero-order chi connectivity index (χ0) is 14.0. The van der Waals surface area contributed by atoms with Gasteiger partial charge < -0.3 is 14.9 Å². The van der Waals surface area contributed by atoms with Crippen LogP contribution in [0.15, 0.2) is 12.2 Å². The van der Waals surface area contributed by atoms with Gasteiger partial charge in [-0.05, 0) is 17.8 Å². The van der Waals surface area contributed by atoms with Gasteiger partial charge in [-0.2, -0.15) is 0 Å². The van der Waals surface area contributed by atoms with Gasteiger partial charge in [-0.15, -0.1) is 0 Å². The molecule has 1 heterocycles. The molecular weight excluding hydrogens is 244 g/mol. The van der Waals surface area contributed by atoms with E-state index in [2.05, 4.69) is 6.58 Å². The van der Waals surface area contributed by atoms with Gasteiger partial charge in [-0.3, -0.25) is 4.79 Å². The Labute approximate surface area is 112 Å². The predicted octanol–water partition coefficient (Wildman–Crippen LogP) is 0.667. The van der Waals surface area contributed by atoms with Crippen molar-refractivity contribution >= 4 is 5.78 Å². The molecule has 0 aromatic heterocycles. The summed E-state index contributed by atoms with van der Waals surface area (Å²) in [6, 6.07) is 0. The summed E-state index contributed by atoms with van der Waals surface area (Å²) in [6.45, 7) is 9.93. The number of carbonyl (C=O) groups is 1. The Morgan fingerprint density at radius 1 is 1.26 bits per heavy atom. The average molecular weight is 264 g/mol. The number of epoxide rings is 1. The first kappa shape index (κ1) is 12.1. The monoisotopic (exact) mass is 264 g/mol. The summed E-state index contributed by atoms with van der Waals surface area (Å²) < 4.78 is 5.64. The second kappa shape index (κ2) is 2.83. The van der Waals surface area contributed by atoms with Gasteiger partial charge in [0.15, 0.2) is 11.9 Å². The van der Waals surface area contributed by atoms with Crippen molar-refractivity contribution in [3.8, 4) is 0 Å². The standard InChI is InChI=1S/C15H20O4/c1-6-9(16)12-15(19-12)10(17)7-5-13(2,3)11(18)8(7)14(6,15)4/h7-8,10-12,17-18H,1,5H2,2-4H3/t7-,8-,10-,11+,12+,14-,15+/m0/s1. The van der Waals surface area contributed by atoms with Crippen LogP contribution in [0.3, 0.4) is 0 Å². The smallest absolute Gasteiger partial charge is 0.190 e. The van der Waals surface area contributed by atoms with Gasteiger partial charge in [0, 0.05) is 16.9 Å². The van der Waals surface area contributed by atoms with Crippen molar-refractivity contribution in [2.75, 3.05) is 0 Å². The Morgan fingerprint density at radius 2 is 1.89 bits per heavy atom. The Hall–Kier alpha value is -0.710. The third-order valence-corrected chi connectivity index (χ3v) is 6.49. The third kappa shape index (κ3) is 0.920. The van der Waals surface area contributed by atoms with E-state index in [0.717, 1.165) is 6.42 Å². The lowest BCUT2D eigenvalue weighted by molar-refractivity contribution is -0.118. The van der Waals surface area contributed by atoms with E-state index >= 15 is 0 Å². The molecule has 0 unspecified atom stereocenters. The fraction of sp³-hybridized carbons (Fsp3) is 0.800. The van der Waals surface area contributed by atoms with Crippen molar-refractivity contribution in [3.05, 3.63) is 12.2 Å². The van der Waals surface area contributed by atoms with Crippen molar-refractivity contribution in [1.82, 2.24) is 0 Å². The van der Waals surface area contributed by atoms with Crippen molar-refractivity contribution in [1.29, 1.82) is 0 Å². The van der Waals surface area contributed by atoms with Gasteiger partial charge in [0.25, 0.3) is 0 Å². The molecule has 2 N–H and O–H groups in total. The molecule has 4 rings (SSSR count). The summed E-state index contributed by atoms with van der Waals surface area (Å²) in [7, 11) is 0. The molecule has 0 aromatic carbocycles. The molecular formula is C15H20O4. The minimum Gasteiger partial charge on any atom is -0.392 e. The second-order valence-electron chi connectivity index (χ2n) is 7.61. The first-order valence-corrected chi connectivity index (χ1v) is 6.97. The zero-order valence-corrected chi connectivity index (χ0v) is 11.5. The van der Waals surface area contributed by atoms with E-state index in [0.29, 0.717) is 5.57 Å². The topological polar surface area (TPSA) is 70.1 Å². The van der Waals surface area contributed by atoms with Crippen molar-refractivity contribution in [2.24, 2.45) is 22.7 Å². The predicted molar refractivity (Wildman–Crippen MR) is 67.2 cm³/mol. The SMILES string of the molecule is C=C1C(=O)[C@H]2O[C@]23[C@@H](O)[C@H]2CC(C)(C)[C@H](O)[C@H]2[C@]13C. The van der Waals surface area contributed by atoms with E-state index in [1.807, 2.05) is 20.8 Å². The quantitative estimate of drug-likeness (QED) is 0.498. The molecule has 1 saturated heterocycles. The van der Waals surface area contributed by atoms with Crippen molar-refractivity contribution in [2.45, 2.75) is 51.1 Å². The van der Waals surface area contributed by atoms with E-state index in [1.165, 1.54) is 0 Å². The van der Waals surface area contributed by atoms with Crippen LogP contribution in [0.1, 0.15) is 27.2 Å². The molecule has 7 atom stereocenters. The summed E-state index contributed by atoms with van der Waals surface area (Å²) >= 11 is 0. The van der Waals surface area contributed by atoms with Crippen LogP contribution in [0.25, 0.3) is 0 Å². The van der Waals surface area contributed by atoms with Crippen LogP contribution in [-0.2, 0) is 9.53 Å². The highest BCUT2D eigenvalue weighted by Gasteiger charge is 2.88. The molecule has 4 aliphatic rings. The van der Waals surface area contributed by atoms with Crippen LogP contribution in [0.5, 0.6) is 0 Å². The first-order valence-electron chi connectivity index (χ1n) is 6.97. The molecule has 0 aromatic rings. The Balaban J connectivity index is 1.90. The van der Waals surface area contributed by atoms with Crippen molar-refractivity contribution < 1.29 is 19.7 Å². The molecule has 19 heavy (non-hydrogen) atoms. The fourth-order valence-corrected chi connectivity index (χ4v) is 5.39. The van der Waals surface area contributed by atoms with Crippen LogP contribution >= 0.6 is 0 Å². The van der Waals surface area contributed by atoms with Crippen LogP contribution in [0, 0.1) is 22.7 Å². The van der Waals surface area contributed by atoms with Gasteiger partial charge in [-0.25, -0.2) is 0 Å². The Kier molecular flexibility index (Phi) is 1.79. The normalized spacial score (nSPS) is 61.0. The number of aliphatic hydroxyl groups is 2. The molecule has 4 fully saturated rings. The Morgan fingerprint density at radius 3 is 2.53 bits per heavy atom. The molecule has 3 saturated carbocycles. The summed E-state index contributed by atoms with van der Waals surface area (Å²) in [5.74, 6) is -0.233. The summed E-state index contributed by atoms with van der Waals surface area (Å²) in [5, 5.41) is 21.4. The molecule has 104 valence electrons. The lowest BCUT2D eigenvalue weighted by atomic mass is 9.68. The van der Waals surface area contributed by atoms with E-state index in [4.69, 9.17) is 4.74 Å². The minimum absolute atomic E-state index is 0.00940. The minimum atomic E-state index is -0.798. The van der Waals surface area contributed by atoms with E-state index in [9.17, 15) is 15.0 Å². The Bertz CT molecular complexity index is 524. The highest BCUT2D eigenvalue weighted by atomic mass is 16.6. The van der Waals surface area contributed by atoms with E-state index in [1.54, 1.807) is 0 Å². The maximum absolute atomic E-state index is 12.1. The lowest BCUT2D eigenvalue weighted by Crippen LogP contribution is -2.44. The highest BCUT2D eigenvalue weighted by Crippen LogP contribution is 2.76. The number of ketones is 1. The molecule has 4 nitrogen and oxygen atoms in total. The van der Waals surface area contributed by atoms with Crippen LogP contribution < -0.4 is 0 Å². The largest absolute Gasteiger partial charge is 0.392 e. The van der Waals surface area contributed by atoms with Gasteiger partial charge in [0.1, 0.15) is 5.60 Å². The average Bonchev–Trinajstić information content (AvgIpc) is 2.97. The number of Topliss-reactive ketones (excluding diaryl/α,β-unsaturated/α-hetero) is 1. The number of rotatable bonds is 0. The number of carbonyl (C=O) groups excluding carboxylic acids is 1. The number of ether oxygens (including phenoxy) is 1. The van der Waals surface area contributed by atoms with Gasteiger partial charge in [-0.1, -0.05) is 27.4 Å². The zero-order valence-electron chi connectivity index (χ0n) is 11.5. The molecule has 0 amide bonds.